The van der Waals surface area contributed by atoms with Crippen molar-refractivity contribution in [1.29, 1.82) is 0 Å². The number of ether oxygens (including phenoxy) is 1. The number of nitrogens with two attached hydrogens (primary N) is 1. The molecule has 0 spiro atoms. The smallest absolute Gasteiger partial charge is 0.122 e. The minimum absolute atomic E-state index is 0.725. The summed E-state index contributed by atoms with van der Waals surface area (Å²) < 4.78 is 6.19. The van der Waals surface area contributed by atoms with Gasteiger partial charge in [-0.3, -0.25) is 0 Å². The molecule has 0 amide bonds. The SMILES string of the molecule is COc1cc(Br)cc(NCc2sccc2N)c1. The molecule has 2 aromatic rings. The molecular formula is C12H13BrN2OS. The second kappa shape index (κ2) is 5.42. The average molecular weight is 313 g/mol. The van der Waals surface area contributed by atoms with Gasteiger partial charge in [0, 0.05) is 26.8 Å². The molecule has 0 atom stereocenters. The van der Waals surface area contributed by atoms with E-state index in [1.807, 2.05) is 29.6 Å². The van der Waals surface area contributed by atoms with Crippen molar-refractivity contribution in [2.24, 2.45) is 0 Å². The van der Waals surface area contributed by atoms with E-state index in [9.17, 15) is 0 Å². The maximum Gasteiger partial charge on any atom is 0.122 e. The third kappa shape index (κ3) is 3.14. The molecule has 1 aromatic heterocycles. The zero-order chi connectivity index (χ0) is 12.3. The van der Waals surface area contributed by atoms with Crippen LogP contribution in [0, 0.1) is 0 Å². The lowest BCUT2D eigenvalue weighted by Crippen LogP contribution is -2.00. The molecule has 17 heavy (non-hydrogen) atoms. The zero-order valence-corrected chi connectivity index (χ0v) is 11.8. The van der Waals surface area contributed by atoms with Crippen LogP contribution in [0.4, 0.5) is 11.4 Å². The number of anilines is 2. The van der Waals surface area contributed by atoms with Gasteiger partial charge in [0.05, 0.1) is 13.7 Å². The number of benzene rings is 1. The Morgan fingerprint density at radius 3 is 2.88 bits per heavy atom. The molecule has 2 rings (SSSR count). The van der Waals surface area contributed by atoms with E-state index in [4.69, 9.17) is 10.5 Å². The summed E-state index contributed by atoms with van der Waals surface area (Å²) in [6.07, 6.45) is 0. The van der Waals surface area contributed by atoms with Crippen LogP contribution in [0.25, 0.3) is 0 Å². The van der Waals surface area contributed by atoms with E-state index in [-0.39, 0.29) is 0 Å². The standard InChI is InChI=1S/C12H13BrN2OS/c1-16-10-5-8(13)4-9(6-10)15-7-12-11(14)2-3-17-12/h2-6,15H,7,14H2,1H3. The maximum absolute atomic E-state index is 5.83. The van der Waals surface area contributed by atoms with Crippen molar-refractivity contribution in [1.82, 2.24) is 0 Å². The highest BCUT2D eigenvalue weighted by Gasteiger charge is 2.02. The third-order valence-electron chi connectivity index (χ3n) is 2.34. The highest BCUT2D eigenvalue weighted by Crippen LogP contribution is 2.26. The Kier molecular flexibility index (Phi) is 3.91. The molecule has 0 saturated heterocycles. The first-order chi connectivity index (χ1) is 8.19. The number of hydrogen-bond donors (Lipinski definition) is 2. The van der Waals surface area contributed by atoms with Gasteiger partial charge in [0.2, 0.25) is 0 Å². The Hall–Kier alpha value is -1.20. The third-order valence-corrected chi connectivity index (χ3v) is 3.73. The summed E-state index contributed by atoms with van der Waals surface area (Å²) in [6, 6.07) is 7.80. The lowest BCUT2D eigenvalue weighted by molar-refractivity contribution is 0.414. The van der Waals surface area contributed by atoms with Gasteiger partial charge in [0.25, 0.3) is 0 Å². The summed E-state index contributed by atoms with van der Waals surface area (Å²) in [5, 5.41) is 5.32. The van der Waals surface area contributed by atoms with Crippen molar-refractivity contribution in [3.8, 4) is 5.75 Å². The molecule has 0 fully saturated rings. The topological polar surface area (TPSA) is 47.3 Å². The van der Waals surface area contributed by atoms with Gasteiger partial charge in [-0.15, -0.1) is 11.3 Å². The number of thiophene rings is 1. The fraction of sp³-hybridized carbons (Fsp3) is 0.167. The normalized spacial score (nSPS) is 10.2. The Labute approximate surface area is 113 Å². The summed E-state index contributed by atoms with van der Waals surface area (Å²) in [5.41, 5.74) is 7.67. The molecule has 1 heterocycles. The summed E-state index contributed by atoms with van der Waals surface area (Å²) in [5.74, 6) is 0.820. The van der Waals surface area contributed by atoms with E-state index in [2.05, 4.69) is 21.2 Å². The number of halogens is 1. The first kappa shape index (κ1) is 12.3. The molecule has 5 heteroatoms. The molecule has 1 aromatic carbocycles. The fourth-order valence-corrected chi connectivity index (χ4v) is 2.67. The van der Waals surface area contributed by atoms with Crippen molar-refractivity contribution >= 4 is 38.6 Å². The van der Waals surface area contributed by atoms with Crippen molar-refractivity contribution in [3.05, 3.63) is 39.0 Å². The minimum atomic E-state index is 0.725. The first-order valence-electron chi connectivity index (χ1n) is 5.09. The van der Waals surface area contributed by atoms with Gasteiger partial charge >= 0.3 is 0 Å². The van der Waals surface area contributed by atoms with Gasteiger partial charge in [-0.1, -0.05) is 15.9 Å². The predicted molar refractivity (Wildman–Crippen MR) is 76.8 cm³/mol. The Morgan fingerprint density at radius 1 is 1.41 bits per heavy atom. The lowest BCUT2D eigenvalue weighted by atomic mass is 10.3. The summed E-state index contributed by atoms with van der Waals surface area (Å²) in [6.45, 7) is 0.725. The molecule has 0 bridgehead atoms. The molecule has 90 valence electrons. The van der Waals surface area contributed by atoms with Crippen LogP contribution in [0.15, 0.2) is 34.1 Å². The molecule has 0 aliphatic rings. The summed E-state index contributed by atoms with van der Waals surface area (Å²) in [4.78, 5) is 1.14. The zero-order valence-electron chi connectivity index (χ0n) is 9.37. The second-order valence-corrected chi connectivity index (χ2v) is 5.45. The quantitative estimate of drug-likeness (QED) is 0.904. The van der Waals surface area contributed by atoms with E-state index < -0.39 is 0 Å². The van der Waals surface area contributed by atoms with Crippen LogP contribution in [0.3, 0.4) is 0 Å². The number of nitrogen functional groups attached to an aromatic ring is 1. The van der Waals surface area contributed by atoms with Gasteiger partial charge < -0.3 is 15.8 Å². The Bertz CT molecular complexity index is 513. The van der Waals surface area contributed by atoms with Gasteiger partial charge in [-0.2, -0.15) is 0 Å². The van der Waals surface area contributed by atoms with Crippen LogP contribution in [-0.2, 0) is 6.54 Å². The number of hydrogen-bond acceptors (Lipinski definition) is 4. The first-order valence-corrected chi connectivity index (χ1v) is 6.76. The van der Waals surface area contributed by atoms with Gasteiger partial charge in [-0.25, -0.2) is 0 Å². The predicted octanol–water partition coefficient (Wildman–Crippen LogP) is 3.71. The van der Waals surface area contributed by atoms with Crippen LogP contribution in [0.1, 0.15) is 4.88 Å². The summed E-state index contributed by atoms with van der Waals surface area (Å²) >= 11 is 5.10. The molecule has 0 saturated carbocycles. The van der Waals surface area contributed by atoms with E-state index in [0.717, 1.165) is 33.0 Å². The van der Waals surface area contributed by atoms with Gasteiger partial charge in [-0.05, 0) is 23.6 Å². The number of rotatable bonds is 4. The largest absolute Gasteiger partial charge is 0.497 e. The number of methoxy groups -OCH3 is 1. The van der Waals surface area contributed by atoms with Gasteiger partial charge in [0.15, 0.2) is 0 Å². The molecular weight excluding hydrogens is 300 g/mol. The van der Waals surface area contributed by atoms with Crippen molar-refractivity contribution in [3.63, 3.8) is 0 Å². The van der Waals surface area contributed by atoms with E-state index >= 15 is 0 Å². The molecule has 0 aliphatic heterocycles. The Morgan fingerprint density at radius 2 is 2.24 bits per heavy atom. The number of nitrogens with one attached hydrogen (secondary N) is 1. The van der Waals surface area contributed by atoms with Crippen LogP contribution < -0.4 is 15.8 Å². The highest BCUT2D eigenvalue weighted by atomic mass is 79.9. The molecule has 3 N–H and O–H groups in total. The fourth-order valence-electron chi connectivity index (χ4n) is 1.46. The van der Waals surface area contributed by atoms with Crippen molar-refractivity contribution in [2.75, 3.05) is 18.2 Å². The molecule has 3 nitrogen and oxygen atoms in total. The van der Waals surface area contributed by atoms with Crippen molar-refractivity contribution < 1.29 is 4.74 Å². The van der Waals surface area contributed by atoms with E-state index in [1.54, 1.807) is 18.4 Å². The second-order valence-electron chi connectivity index (χ2n) is 3.53. The lowest BCUT2D eigenvalue weighted by Gasteiger charge is -2.08. The molecule has 0 aliphatic carbocycles. The van der Waals surface area contributed by atoms with E-state index in [0.29, 0.717) is 0 Å². The summed E-state index contributed by atoms with van der Waals surface area (Å²) in [7, 11) is 1.66. The minimum Gasteiger partial charge on any atom is -0.497 e. The van der Waals surface area contributed by atoms with Crippen LogP contribution in [0.5, 0.6) is 5.75 Å². The monoisotopic (exact) mass is 312 g/mol. The highest BCUT2D eigenvalue weighted by molar-refractivity contribution is 9.10. The average Bonchev–Trinajstić information content (AvgIpc) is 2.71. The molecule has 0 radical (unpaired) electrons. The van der Waals surface area contributed by atoms with Crippen molar-refractivity contribution in [2.45, 2.75) is 6.54 Å². The van der Waals surface area contributed by atoms with Crippen LogP contribution in [-0.4, -0.2) is 7.11 Å². The van der Waals surface area contributed by atoms with E-state index in [1.165, 1.54) is 0 Å². The maximum atomic E-state index is 5.83. The van der Waals surface area contributed by atoms with Crippen LogP contribution in [0.2, 0.25) is 0 Å². The van der Waals surface area contributed by atoms with Crippen LogP contribution >= 0.6 is 27.3 Å². The van der Waals surface area contributed by atoms with Gasteiger partial charge in [0.1, 0.15) is 5.75 Å². The Balaban J connectivity index is 2.09. The molecule has 0 unspecified atom stereocenters.